The molecule has 6 heteroatoms. The summed E-state index contributed by atoms with van der Waals surface area (Å²) in [6, 6.07) is 4.13. The van der Waals surface area contributed by atoms with Gasteiger partial charge in [-0.25, -0.2) is 9.67 Å². The summed E-state index contributed by atoms with van der Waals surface area (Å²) in [6.45, 7) is 6.23. The fraction of sp³-hybridized carbons (Fsp3) is 0.571. The van der Waals surface area contributed by atoms with Crippen molar-refractivity contribution in [2.75, 3.05) is 26.2 Å². The van der Waals surface area contributed by atoms with E-state index < -0.39 is 0 Å². The molecule has 2 atom stereocenters. The molecule has 0 unspecified atom stereocenters. The van der Waals surface area contributed by atoms with Crippen LogP contribution in [-0.4, -0.2) is 51.8 Å². The summed E-state index contributed by atoms with van der Waals surface area (Å²) in [4.78, 5) is 18.3. The predicted molar refractivity (Wildman–Crippen MR) is 106 cm³/mol. The van der Waals surface area contributed by atoms with Crippen LogP contribution in [-0.2, 0) is 11.3 Å². The van der Waals surface area contributed by atoms with Crippen molar-refractivity contribution in [3.8, 4) is 0 Å². The summed E-state index contributed by atoms with van der Waals surface area (Å²) in [5, 5.41) is 8.92. The van der Waals surface area contributed by atoms with Crippen LogP contribution in [0.4, 0.5) is 0 Å². The van der Waals surface area contributed by atoms with E-state index in [4.69, 9.17) is 5.10 Å². The van der Waals surface area contributed by atoms with Crippen LogP contribution in [0.2, 0.25) is 0 Å². The molecule has 1 amide bonds. The minimum atomic E-state index is -0.0105. The number of nitrogens with one attached hydrogen (secondary N) is 1. The molecule has 0 saturated carbocycles. The molecule has 0 aromatic carbocycles. The molecular formula is C21H29N5O. The van der Waals surface area contributed by atoms with Crippen molar-refractivity contribution in [2.45, 2.75) is 45.1 Å². The number of fused-ring (bicyclic) bond motifs is 1. The summed E-state index contributed by atoms with van der Waals surface area (Å²) < 4.78 is 1.95. The molecule has 0 spiro atoms. The summed E-state index contributed by atoms with van der Waals surface area (Å²) >= 11 is 0. The number of nitrogens with zero attached hydrogens (tertiary/aromatic N) is 4. The molecule has 1 fully saturated rings. The molecule has 2 aromatic heterocycles. The van der Waals surface area contributed by atoms with Crippen molar-refractivity contribution in [3.05, 3.63) is 36.2 Å². The Labute approximate surface area is 160 Å². The van der Waals surface area contributed by atoms with Crippen LogP contribution in [0.5, 0.6) is 0 Å². The zero-order valence-corrected chi connectivity index (χ0v) is 16.1. The maximum Gasteiger partial charge on any atom is 0.216 e. The number of aromatic nitrogens is 3. The Hall–Kier alpha value is -2.21. The molecule has 1 aliphatic carbocycles. The third kappa shape index (κ3) is 4.21. The van der Waals surface area contributed by atoms with E-state index in [1.807, 2.05) is 16.9 Å². The number of likely N-dealkylation sites (tertiary alicyclic amines) is 1. The SMILES string of the molecule is CC(=O)NCCn1nc([C@H]2CCN(C[C@H]3CC=CCC3)C2)c2cccnc21. The molecule has 1 saturated heterocycles. The van der Waals surface area contributed by atoms with Crippen molar-refractivity contribution in [3.63, 3.8) is 0 Å². The third-order valence-electron chi connectivity index (χ3n) is 5.79. The lowest BCUT2D eigenvalue weighted by atomic mass is 9.94. The molecule has 4 rings (SSSR count). The number of hydrogen-bond donors (Lipinski definition) is 1. The molecule has 1 N–H and O–H groups in total. The van der Waals surface area contributed by atoms with Crippen molar-refractivity contribution < 1.29 is 4.79 Å². The maximum absolute atomic E-state index is 11.1. The van der Waals surface area contributed by atoms with Crippen LogP contribution in [0.15, 0.2) is 30.5 Å². The van der Waals surface area contributed by atoms with Gasteiger partial charge in [-0.15, -0.1) is 0 Å². The fourth-order valence-electron chi connectivity index (χ4n) is 4.44. The van der Waals surface area contributed by atoms with E-state index in [1.165, 1.54) is 31.5 Å². The van der Waals surface area contributed by atoms with Gasteiger partial charge >= 0.3 is 0 Å². The van der Waals surface area contributed by atoms with Crippen LogP contribution < -0.4 is 5.32 Å². The first-order valence-electron chi connectivity index (χ1n) is 10.1. The largest absolute Gasteiger partial charge is 0.354 e. The molecule has 0 bridgehead atoms. The Kier molecular flexibility index (Phi) is 5.53. The standard InChI is InChI=1S/C21H29N5O/c1-16(27)22-11-13-26-21-19(8-5-10-23-21)20(24-26)18-9-12-25(15-18)14-17-6-3-2-4-7-17/h2-3,5,8,10,17-18H,4,6-7,9,11-15H2,1H3,(H,22,27)/t17-,18-/m0/s1. The minimum absolute atomic E-state index is 0.0105. The highest BCUT2D eigenvalue weighted by molar-refractivity contribution is 5.79. The quantitative estimate of drug-likeness (QED) is 0.798. The van der Waals surface area contributed by atoms with Crippen LogP contribution in [0.25, 0.3) is 11.0 Å². The zero-order chi connectivity index (χ0) is 18.6. The topological polar surface area (TPSA) is 63.1 Å². The first-order chi connectivity index (χ1) is 13.2. The summed E-state index contributed by atoms with van der Waals surface area (Å²) in [7, 11) is 0. The van der Waals surface area contributed by atoms with E-state index in [2.05, 4.69) is 33.4 Å². The smallest absolute Gasteiger partial charge is 0.216 e. The molecule has 2 aromatic rings. The number of carbonyl (C=O) groups is 1. The monoisotopic (exact) mass is 367 g/mol. The number of carbonyl (C=O) groups excluding carboxylic acids is 1. The number of pyridine rings is 1. The Balaban J connectivity index is 1.46. The number of hydrogen-bond acceptors (Lipinski definition) is 4. The highest BCUT2D eigenvalue weighted by Gasteiger charge is 2.29. The van der Waals surface area contributed by atoms with Crippen molar-refractivity contribution in [1.82, 2.24) is 25.0 Å². The van der Waals surface area contributed by atoms with Gasteiger partial charge in [0.25, 0.3) is 0 Å². The van der Waals surface area contributed by atoms with Crippen molar-refractivity contribution in [2.24, 2.45) is 5.92 Å². The summed E-state index contributed by atoms with van der Waals surface area (Å²) in [5.41, 5.74) is 2.10. The van der Waals surface area contributed by atoms with Crippen molar-refractivity contribution >= 4 is 16.9 Å². The van der Waals surface area contributed by atoms with Gasteiger partial charge < -0.3 is 10.2 Å². The minimum Gasteiger partial charge on any atom is -0.354 e. The number of amides is 1. The van der Waals surface area contributed by atoms with E-state index in [9.17, 15) is 4.79 Å². The number of rotatable bonds is 6. The molecule has 144 valence electrons. The van der Waals surface area contributed by atoms with Gasteiger partial charge in [-0.1, -0.05) is 12.2 Å². The van der Waals surface area contributed by atoms with Gasteiger partial charge in [0, 0.05) is 44.1 Å². The fourth-order valence-corrected chi connectivity index (χ4v) is 4.44. The first kappa shape index (κ1) is 18.2. The highest BCUT2D eigenvalue weighted by atomic mass is 16.1. The molecule has 3 heterocycles. The Bertz CT molecular complexity index is 827. The molecule has 1 aliphatic heterocycles. The van der Waals surface area contributed by atoms with Gasteiger partial charge in [0.05, 0.1) is 12.2 Å². The second-order valence-electron chi connectivity index (χ2n) is 7.86. The van der Waals surface area contributed by atoms with Gasteiger partial charge in [0.2, 0.25) is 5.91 Å². The molecule has 2 aliphatic rings. The van der Waals surface area contributed by atoms with Gasteiger partial charge in [-0.2, -0.15) is 5.10 Å². The van der Waals surface area contributed by atoms with E-state index >= 15 is 0 Å². The van der Waals surface area contributed by atoms with E-state index in [0.717, 1.165) is 36.5 Å². The first-order valence-corrected chi connectivity index (χ1v) is 10.1. The zero-order valence-electron chi connectivity index (χ0n) is 16.1. The van der Waals surface area contributed by atoms with Crippen molar-refractivity contribution in [1.29, 1.82) is 0 Å². The van der Waals surface area contributed by atoms with Crippen LogP contribution in [0.1, 0.15) is 44.2 Å². The Morgan fingerprint density at radius 2 is 2.26 bits per heavy atom. The molecular weight excluding hydrogens is 338 g/mol. The van der Waals surface area contributed by atoms with E-state index in [-0.39, 0.29) is 5.91 Å². The molecule has 6 nitrogen and oxygen atoms in total. The Morgan fingerprint density at radius 3 is 3.07 bits per heavy atom. The van der Waals surface area contributed by atoms with Crippen LogP contribution in [0, 0.1) is 5.92 Å². The van der Waals surface area contributed by atoms with Crippen LogP contribution in [0.3, 0.4) is 0 Å². The predicted octanol–water partition coefficient (Wildman–Crippen LogP) is 2.71. The van der Waals surface area contributed by atoms with E-state index in [0.29, 0.717) is 19.0 Å². The van der Waals surface area contributed by atoms with Gasteiger partial charge in [-0.05, 0) is 50.3 Å². The van der Waals surface area contributed by atoms with Crippen LogP contribution >= 0.6 is 0 Å². The maximum atomic E-state index is 11.1. The average molecular weight is 367 g/mol. The molecule has 27 heavy (non-hydrogen) atoms. The lowest BCUT2D eigenvalue weighted by Gasteiger charge is -2.24. The highest BCUT2D eigenvalue weighted by Crippen LogP contribution is 2.32. The lowest BCUT2D eigenvalue weighted by molar-refractivity contribution is -0.118. The Morgan fingerprint density at radius 1 is 1.33 bits per heavy atom. The summed E-state index contributed by atoms with van der Waals surface area (Å²) in [5.74, 6) is 1.27. The lowest BCUT2D eigenvalue weighted by Crippen LogP contribution is -2.28. The number of allylic oxidation sites excluding steroid dienone is 2. The summed E-state index contributed by atoms with van der Waals surface area (Å²) in [6.07, 6.45) is 11.4. The van der Waals surface area contributed by atoms with E-state index in [1.54, 1.807) is 6.92 Å². The van der Waals surface area contributed by atoms with Gasteiger partial charge in [-0.3, -0.25) is 4.79 Å². The second kappa shape index (κ2) is 8.21. The van der Waals surface area contributed by atoms with Gasteiger partial charge in [0.15, 0.2) is 5.65 Å². The second-order valence-corrected chi connectivity index (χ2v) is 7.86. The normalized spacial score (nSPS) is 23.1. The average Bonchev–Trinajstić information content (AvgIpc) is 3.27. The molecule has 0 radical (unpaired) electrons. The third-order valence-corrected chi connectivity index (χ3v) is 5.79. The van der Waals surface area contributed by atoms with Gasteiger partial charge in [0.1, 0.15) is 0 Å².